The number of hydrogen-bond donors (Lipinski definition) is 1. The average Bonchev–Trinajstić information content (AvgIpc) is 2.25. The van der Waals surface area contributed by atoms with Crippen LogP contribution in [0.3, 0.4) is 0 Å². The molecule has 1 aromatic carbocycles. The molecule has 1 aromatic rings. The second-order valence-electron chi connectivity index (χ2n) is 4.06. The van der Waals surface area contributed by atoms with Crippen LogP contribution in [-0.2, 0) is 6.42 Å². The van der Waals surface area contributed by atoms with Crippen LogP contribution < -0.4 is 15.2 Å². The summed E-state index contributed by atoms with van der Waals surface area (Å²) in [6.45, 7) is 0.457. The minimum absolute atomic E-state index is 0.176. The van der Waals surface area contributed by atoms with Crippen LogP contribution >= 0.6 is 0 Å². The smallest absolute Gasteiger partial charge is 0.422 e. The van der Waals surface area contributed by atoms with Crippen LogP contribution in [0.25, 0.3) is 0 Å². The first-order valence-electron chi connectivity index (χ1n) is 5.44. The number of nitrogens with two attached hydrogens (primary N) is 1. The summed E-state index contributed by atoms with van der Waals surface area (Å²) in [4.78, 5) is 0. The van der Waals surface area contributed by atoms with E-state index in [1.807, 2.05) is 0 Å². The molecule has 2 N–H and O–H groups in total. The van der Waals surface area contributed by atoms with Gasteiger partial charge in [-0.25, -0.2) is 0 Å². The number of ether oxygens (including phenoxy) is 2. The summed E-state index contributed by atoms with van der Waals surface area (Å²) in [5.74, 6) is 0.746. The van der Waals surface area contributed by atoms with Crippen molar-refractivity contribution in [2.45, 2.75) is 25.6 Å². The molecule has 0 amide bonds. The molecule has 0 fully saturated rings. The van der Waals surface area contributed by atoms with Crippen LogP contribution in [0.4, 0.5) is 13.2 Å². The lowest BCUT2D eigenvalue weighted by Crippen LogP contribution is -2.21. The summed E-state index contributed by atoms with van der Waals surface area (Å²) in [5, 5.41) is 0. The van der Waals surface area contributed by atoms with Crippen molar-refractivity contribution in [3.63, 3.8) is 0 Å². The molecule has 6 heteroatoms. The number of halogens is 3. The zero-order valence-corrected chi connectivity index (χ0v) is 10.3. The summed E-state index contributed by atoms with van der Waals surface area (Å²) in [6.07, 6.45) is -3.93. The first-order valence-corrected chi connectivity index (χ1v) is 5.44. The molecule has 0 saturated heterocycles. The van der Waals surface area contributed by atoms with Gasteiger partial charge in [0, 0.05) is 6.04 Å². The molecule has 0 spiro atoms. The Bertz CT molecular complexity index is 391. The average molecular weight is 263 g/mol. The maximum Gasteiger partial charge on any atom is 0.422 e. The van der Waals surface area contributed by atoms with E-state index in [1.165, 1.54) is 13.2 Å². The lowest BCUT2D eigenvalue weighted by Gasteiger charge is -2.15. The fourth-order valence-electron chi connectivity index (χ4n) is 1.49. The van der Waals surface area contributed by atoms with Crippen molar-refractivity contribution in [3.05, 3.63) is 23.8 Å². The van der Waals surface area contributed by atoms with E-state index >= 15 is 0 Å². The van der Waals surface area contributed by atoms with Gasteiger partial charge in [-0.05, 0) is 37.1 Å². The molecule has 0 heterocycles. The van der Waals surface area contributed by atoms with Gasteiger partial charge in [-0.3, -0.25) is 0 Å². The number of methoxy groups -OCH3 is 1. The van der Waals surface area contributed by atoms with Crippen molar-refractivity contribution in [1.29, 1.82) is 0 Å². The van der Waals surface area contributed by atoms with E-state index in [-0.39, 0.29) is 11.8 Å². The molecule has 0 aromatic heterocycles. The zero-order chi connectivity index (χ0) is 13.8. The van der Waals surface area contributed by atoms with E-state index in [4.69, 9.17) is 15.2 Å². The van der Waals surface area contributed by atoms with Crippen LogP contribution in [-0.4, -0.2) is 25.9 Å². The van der Waals surface area contributed by atoms with E-state index < -0.39 is 12.8 Å². The maximum atomic E-state index is 12.1. The fourth-order valence-corrected chi connectivity index (χ4v) is 1.49. The van der Waals surface area contributed by atoms with Crippen molar-refractivity contribution in [2.24, 2.45) is 5.73 Å². The maximum absolute atomic E-state index is 12.1. The van der Waals surface area contributed by atoms with Crippen LogP contribution in [0.2, 0.25) is 0 Å². The Morgan fingerprint density at radius 1 is 1.33 bits per heavy atom. The minimum Gasteiger partial charge on any atom is -0.497 e. The van der Waals surface area contributed by atoms with Crippen molar-refractivity contribution < 1.29 is 22.6 Å². The number of benzene rings is 1. The van der Waals surface area contributed by atoms with Gasteiger partial charge in [-0.1, -0.05) is 0 Å². The monoisotopic (exact) mass is 263 g/mol. The third-order valence-corrected chi connectivity index (χ3v) is 2.20. The minimum atomic E-state index is -4.36. The molecule has 0 radical (unpaired) electrons. The molecule has 1 rings (SSSR count). The van der Waals surface area contributed by atoms with E-state index in [0.717, 1.165) is 0 Å². The van der Waals surface area contributed by atoms with E-state index in [0.29, 0.717) is 17.7 Å². The predicted molar refractivity (Wildman–Crippen MR) is 61.9 cm³/mol. The van der Waals surface area contributed by atoms with Gasteiger partial charge in [0.25, 0.3) is 0 Å². The number of rotatable bonds is 5. The van der Waals surface area contributed by atoms with Gasteiger partial charge >= 0.3 is 6.18 Å². The van der Waals surface area contributed by atoms with Crippen LogP contribution in [0.1, 0.15) is 12.5 Å². The SMILES string of the molecule is COc1ccc(OCC(F)(F)F)c(CC(C)N)c1. The van der Waals surface area contributed by atoms with E-state index in [2.05, 4.69) is 0 Å². The van der Waals surface area contributed by atoms with E-state index in [1.54, 1.807) is 19.1 Å². The lowest BCUT2D eigenvalue weighted by atomic mass is 10.1. The molecule has 1 atom stereocenters. The normalized spacial score (nSPS) is 13.2. The van der Waals surface area contributed by atoms with Gasteiger partial charge in [-0.2, -0.15) is 13.2 Å². The highest BCUT2D eigenvalue weighted by Gasteiger charge is 2.28. The van der Waals surface area contributed by atoms with E-state index in [9.17, 15) is 13.2 Å². The Balaban J connectivity index is 2.88. The Labute approximate surface area is 104 Å². The Morgan fingerprint density at radius 3 is 2.50 bits per heavy atom. The summed E-state index contributed by atoms with van der Waals surface area (Å²) < 4.78 is 46.1. The van der Waals surface area contributed by atoms with Crippen molar-refractivity contribution in [2.75, 3.05) is 13.7 Å². The Morgan fingerprint density at radius 2 is 2.00 bits per heavy atom. The Hall–Kier alpha value is -1.43. The highest BCUT2D eigenvalue weighted by molar-refractivity contribution is 5.40. The van der Waals surface area contributed by atoms with Crippen LogP contribution in [0, 0.1) is 0 Å². The highest BCUT2D eigenvalue weighted by Crippen LogP contribution is 2.27. The standard InChI is InChI=1S/C12H16F3NO2/c1-8(16)5-9-6-10(17-2)3-4-11(9)18-7-12(13,14)15/h3-4,6,8H,5,7,16H2,1-2H3. The van der Waals surface area contributed by atoms with Gasteiger partial charge in [0.15, 0.2) is 6.61 Å². The molecule has 3 nitrogen and oxygen atoms in total. The molecule has 102 valence electrons. The molecule has 0 aliphatic rings. The number of alkyl halides is 3. The first-order chi connectivity index (χ1) is 8.31. The molecule has 0 aliphatic carbocycles. The van der Waals surface area contributed by atoms with Gasteiger partial charge in [0.05, 0.1) is 7.11 Å². The topological polar surface area (TPSA) is 44.5 Å². The van der Waals surface area contributed by atoms with Gasteiger partial charge in [0.1, 0.15) is 11.5 Å². The lowest BCUT2D eigenvalue weighted by molar-refractivity contribution is -0.153. The second kappa shape index (κ2) is 5.95. The molecular formula is C12H16F3NO2. The number of hydrogen-bond acceptors (Lipinski definition) is 3. The summed E-state index contributed by atoms with van der Waals surface area (Å²) in [7, 11) is 1.49. The molecule has 0 saturated carbocycles. The highest BCUT2D eigenvalue weighted by atomic mass is 19.4. The Kier molecular flexibility index (Phi) is 4.84. The third kappa shape index (κ3) is 4.83. The van der Waals surface area contributed by atoms with Crippen molar-refractivity contribution in [3.8, 4) is 11.5 Å². The predicted octanol–water partition coefficient (Wildman–Crippen LogP) is 2.53. The van der Waals surface area contributed by atoms with Crippen molar-refractivity contribution >= 4 is 0 Å². The quantitative estimate of drug-likeness (QED) is 0.887. The molecule has 0 aliphatic heterocycles. The van der Waals surface area contributed by atoms with Gasteiger partial charge in [-0.15, -0.1) is 0 Å². The molecular weight excluding hydrogens is 247 g/mol. The zero-order valence-electron chi connectivity index (χ0n) is 10.3. The molecule has 18 heavy (non-hydrogen) atoms. The summed E-state index contributed by atoms with van der Waals surface area (Å²) in [5.41, 5.74) is 6.25. The van der Waals surface area contributed by atoms with Gasteiger partial charge < -0.3 is 15.2 Å². The van der Waals surface area contributed by atoms with Crippen LogP contribution in [0.5, 0.6) is 11.5 Å². The third-order valence-electron chi connectivity index (χ3n) is 2.20. The fraction of sp³-hybridized carbons (Fsp3) is 0.500. The first kappa shape index (κ1) is 14.6. The largest absolute Gasteiger partial charge is 0.497 e. The van der Waals surface area contributed by atoms with Gasteiger partial charge in [0.2, 0.25) is 0 Å². The van der Waals surface area contributed by atoms with Crippen LogP contribution in [0.15, 0.2) is 18.2 Å². The van der Waals surface area contributed by atoms with Crippen molar-refractivity contribution in [1.82, 2.24) is 0 Å². The second-order valence-corrected chi connectivity index (χ2v) is 4.06. The molecule has 0 bridgehead atoms. The summed E-state index contributed by atoms with van der Waals surface area (Å²) >= 11 is 0. The summed E-state index contributed by atoms with van der Waals surface area (Å²) in [6, 6.07) is 4.47. The molecule has 1 unspecified atom stereocenters.